The van der Waals surface area contributed by atoms with E-state index < -0.39 is 0 Å². The van der Waals surface area contributed by atoms with Crippen LogP contribution in [-0.2, 0) is 16.1 Å². The lowest BCUT2D eigenvalue weighted by molar-refractivity contribution is -0.0239. The Balaban J connectivity index is 1.84. The molecule has 3 nitrogen and oxygen atoms in total. The van der Waals surface area contributed by atoms with Gasteiger partial charge in [-0.25, -0.2) is 0 Å². The van der Waals surface area contributed by atoms with E-state index in [4.69, 9.17) is 14.7 Å². The Morgan fingerprint density at radius 2 is 2.11 bits per heavy atom. The lowest BCUT2D eigenvalue weighted by atomic mass is 10.0. The maximum Gasteiger partial charge on any atom is 0.146 e. The van der Waals surface area contributed by atoms with Gasteiger partial charge in [0.25, 0.3) is 0 Å². The zero-order valence-corrected chi connectivity index (χ0v) is 10.5. The largest absolute Gasteiger partial charge is 0.373 e. The topological polar surface area (TPSA) is 42.2 Å². The summed E-state index contributed by atoms with van der Waals surface area (Å²) in [4.78, 5) is 0. The molecule has 1 aliphatic heterocycles. The summed E-state index contributed by atoms with van der Waals surface area (Å²) in [6.07, 6.45) is 3.65. The highest BCUT2D eigenvalue weighted by molar-refractivity contribution is 5.13. The van der Waals surface area contributed by atoms with Crippen molar-refractivity contribution in [1.29, 1.82) is 5.26 Å². The van der Waals surface area contributed by atoms with Crippen LogP contribution in [0.3, 0.4) is 0 Å². The van der Waals surface area contributed by atoms with Crippen molar-refractivity contribution in [3.05, 3.63) is 35.9 Å². The molecule has 0 aromatic heterocycles. The first-order valence-electron chi connectivity index (χ1n) is 6.55. The fourth-order valence-corrected chi connectivity index (χ4v) is 2.15. The summed E-state index contributed by atoms with van der Waals surface area (Å²) >= 11 is 0. The number of benzene rings is 1. The molecule has 1 aromatic carbocycles. The van der Waals surface area contributed by atoms with Gasteiger partial charge >= 0.3 is 0 Å². The minimum absolute atomic E-state index is 0.134. The molecule has 0 radical (unpaired) electrons. The molecule has 1 saturated heterocycles. The first kappa shape index (κ1) is 13.1. The predicted octanol–water partition coefficient (Wildman–Crippen LogP) is 3.05. The SMILES string of the molecule is N#C[C@@H]1C[C@@H](OCc2ccccc2)CCCCO1. The van der Waals surface area contributed by atoms with Crippen LogP contribution in [-0.4, -0.2) is 18.8 Å². The summed E-state index contributed by atoms with van der Waals surface area (Å²) in [6, 6.07) is 12.3. The Morgan fingerprint density at radius 1 is 1.28 bits per heavy atom. The summed E-state index contributed by atoms with van der Waals surface area (Å²) in [5, 5.41) is 8.98. The quantitative estimate of drug-likeness (QED) is 0.822. The van der Waals surface area contributed by atoms with Crippen LogP contribution < -0.4 is 0 Å². The zero-order valence-electron chi connectivity index (χ0n) is 10.5. The smallest absolute Gasteiger partial charge is 0.146 e. The highest BCUT2D eigenvalue weighted by atomic mass is 16.5. The van der Waals surface area contributed by atoms with Crippen LogP contribution in [0.15, 0.2) is 30.3 Å². The molecule has 2 rings (SSSR count). The Morgan fingerprint density at radius 3 is 2.89 bits per heavy atom. The average molecular weight is 245 g/mol. The van der Waals surface area contributed by atoms with E-state index in [1.165, 1.54) is 5.56 Å². The molecule has 1 fully saturated rings. The van der Waals surface area contributed by atoms with Crippen molar-refractivity contribution in [2.24, 2.45) is 0 Å². The van der Waals surface area contributed by atoms with E-state index in [0.29, 0.717) is 19.6 Å². The number of nitrogens with zero attached hydrogens (tertiary/aromatic N) is 1. The molecule has 96 valence electrons. The number of nitriles is 1. The lowest BCUT2D eigenvalue weighted by Crippen LogP contribution is -2.25. The summed E-state index contributed by atoms with van der Waals surface area (Å²) in [6.45, 7) is 1.31. The van der Waals surface area contributed by atoms with E-state index in [2.05, 4.69) is 18.2 Å². The van der Waals surface area contributed by atoms with Gasteiger partial charge in [-0.15, -0.1) is 0 Å². The molecule has 0 unspecified atom stereocenters. The van der Waals surface area contributed by atoms with E-state index in [1.54, 1.807) is 0 Å². The second-order valence-corrected chi connectivity index (χ2v) is 4.64. The Hall–Kier alpha value is -1.37. The Labute approximate surface area is 108 Å². The minimum Gasteiger partial charge on any atom is -0.373 e. The molecule has 0 aliphatic carbocycles. The van der Waals surface area contributed by atoms with Gasteiger partial charge in [0.05, 0.1) is 18.8 Å². The van der Waals surface area contributed by atoms with E-state index in [9.17, 15) is 0 Å². The third kappa shape index (κ3) is 4.14. The first-order chi connectivity index (χ1) is 8.88. The molecule has 18 heavy (non-hydrogen) atoms. The van der Waals surface area contributed by atoms with Crippen LogP contribution in [0.25, 0.3) is 0 Å². The van der Waals surface area contributed by atoms with Crippen LogP contribution >= 0.6 is 0 Å². The second kappa shape index (κ2) is 7.15. The molecule has 1 aliphatic rings. The van der Waals surface area contributed by atoms with Crippen molar-refractivity contribution in [2.75, 3.05) is 6.61 Å². The average Bonchev–Trinajstić information content (AvgIpc) is 2.39. The maximum absolute atomic E-state index is 8.98. The van der Waals surface area contributed by atoms with Gasteiger partial charge in [-0.3, -0.25) is 0 Å². The van der Waals surface area contributed by atoms with Gasteiger partial charge in [-0.2, -0.15) is 5.26 Å². The lowest BCUT2D eigenvalue weighted by Gasteiger charge is -2.23. The molecular formula is C15H19NO2. The van der Waals surface area contributed by atoms with Crippen molar-refractivity contribution in [3.63, 3.8) is 0 Å². The number of ether oxygens (including phenoxy) is 2. The van der Waals surface area contributed by atoms with Gasteiger partial charge in [-0.05, 0) is 24.8 Å². The number of rotatable bonds is 3. The van der Waals surface area contributed by atoms with Crippen LogP contribution in [0.2, 0.25) is 0 Å². The van der Waals surface area contributed by atoms with E-state index >= 15 is 0 Å². The van der Waals surface area contributed by atoms with Crippen LogP contribution in [0.1, 0.15) is 31.2 Å². The van der Waals surface area contributed by atoms with Crippen LogP contribution in [0.4, 0.5) is 0 Å². The highest BCUT2D eigenvalue weighted by Gasteiger charge is 2.19. The fourth-order valence-electron chi connectivity index (χ4n) is 2.15. The van der Waals surface area contributed by atoms with E-state index in [1.807, 2.05) is 18.2 Å². The van der Waals surface area contributed by atoms with E-state index in [-0.39, 0.29) is 12.2 Å². The maximum atomic E-state index is 8.98. The Bertz CT molecular complexity index is 385. The molecule has 0 amide bonds. The van der Waals surface area contributed by atoms with Gasteiger partial charge in [0, 0.05) is 13.0 Å². The predicted molar refractivity (Wildman–Crippen MR) is 68.8 cm³/mol. The molecule has 0 bridgehead atoms. The van der Waals surface area contributed by atoms with Crippen molar-refractivity contribution >= 4 is 0 Å². The standard InChI is InChI=1S/C15H19NO2/c16-11-15-10-14(8-4-5-9-17-15)18-12-13-6-2-1-3-7-13/h1-3,6-7,14-15H,4-5,8-10,12H2/t14-,15-/m0/s1. The summed E-state index contributed by atoms with van der Waals surface area (Å²) in [5.74, 6) is 0. The van der Waals surface area contributed by atoms with Gasteiger partial charge in [0.2, 0.25) is 0 Å². The van der Waals surface area contributed by atoms with Gasteiger partial charge in [0.15, 0.2) is 0 Å². The second-order valence-electron chi connectivity index (χ2n) is 4.64. The summed E-state index contributed by atoms with van der Waals surface area (Å²) in [5.41, 5.74) is 1.17. The minimum atomic E-state index is -0.314. The zero-order chi connectivity index (χ0) is 12.6. The molecule has 1 aromatic rings. The van der Waals surface area contributed by atoms with Gasteiger partial charge in [0.1, 0.15) is 6.10 Å². The molecular weight excluding hydrogens is 226 g/mol. The molecule has 2 atom stereocenters. The molecule has 1 heterocycles. The van der Waals surface area contributed by atoms with Crippen molar-refractivity contribution in [1.82, 2.24) is 0 Å². The number of hydrogen-bond donors (Lipinski definition) is 0. The van der Waals surface area contributed by atoms with E-state index in [0.717, 1.165) is 19.3 Å². The van der Waals surface area contributed by atoms with Crippen molar-refractivity contribution in [2.45, 2.75) is 44.5 Å². The summed E-state index contributed by atoms with van der Waals surface area (Å²) < 4.78 is 11.4. The number of hydrogen-bond acceptors (Lipinski definition) is 3. The van der Waals surface area contributed by atoms with Crippen LogP contribution in [0.5, 0.6) is 0 Å². The highest BCUT2D eigenvalue weighted by Crippen LogP contribution is 2.18. The molecule has 0 saturated carbocycles. The third-order valence-corrected chi connectivity index (χ3v) is 3.19. The van der Waals surface area contributed by atoms with Gasteiger partial charge < -0.3 is 9.47 Å². The Kier molecular flexibility index (Phi) is 5.19. The van der Waals surface area contributed by atoms with Crippen LogP contribution in [0, 0.1) is 11.3 Å². The fraction of sp³-hybridized carbons (Fsp3) is 0.533. The third-order valence-electron chi connectivity index (χ3n) is 3.19. The van der Waals surface area contributed by atoms with Crippen molar-refractivity contribution in [3.8, 4) is 6.07 Å². The molecule has 3 heteroatoms. The molecule has 0 N–H and O–H groups in total. The first-order valence-corrected chi connectivity index (χ1v) is 6.55. The van der Waals surface area contributed by atoms with Crippen molar-refractivity contribution < 1.29 is 9.47 Å². The van der Waals surface area contributed by atoms with Gasteiger partial charge in [-0.1, -0.05) is 30.3 Å². The normalized spacial score (nSPS) is 24.8. The molecule has 0 spiro atoms. The monoisotopic (exact) mass is 245 g/mol. The summed E-state index contributed by atoms with van der Waals surface area (Å²) in [7, 11) is 0.